The lowest BCUT2D eigenvalue weighted by Gasteiger charge is -2.23. The van der Waals surface area contributed by atoms with Crippen LogP contribution >= 0.6 is 0 Å². The molecule has 2 atom stereocenters. The molecule has 0 aromatic carbocycles. The number of likely N-dealkylation sites (N-methyl/N-ethyl adjacent to an activating group) is 1. The summed E-state index contributed by atoms with van der Waals surface area (Å²) >= 11 is 0. The number of carbonyl (C=O) groups excluding carboxylic acids is 1. The lowest BCUT2D eigenvalue weighted by atomic mass is 10.0. The Morgan fingerprint density at radius 3 is 2.53 bits per heavy atom. The van der Waals surface area contributed by atoms with Crippen LogP contribution in [0.1, 0.15) is 38.9 Å². The third-order valence-corrected chi connectivity index (χ3v) is 2.92. The number of nitrogens with zero attached hydrogens (tertiary/aromatic N) is 1. The van der Waals surface area contributed by atoms with Gasteiger partial charge in [0.15, 0.2) is 0 Å². The minimum Gasteiger partial charge on any atom is -0.358 e. The predicted molar refractivity (Wildman–Crippen MR) is 73.1 cm³/mol. The van der Waals surface area contributed by atoms with E-state index in [-0.39, 0.29) is 23.8 Å². The number of rotatable bonds is 6. The quantitative estimate of drug-likeness (QED) is 0.829. The van der Waals surface area contributed by atoms with Crippen LogP contribution in [-0.2, 0) is 4.79 Å². The molecular weight excluding hydrogens is 245 g/mol. The van der Waals surface area contributed by atoms with Crippen molar-refractivity contribution in [2.24, 2.45) is 5.92 Å². The van der Waals surface area contributed by atoms with Crippen LogP contribution < -0.4 is 10.6 Å². The smallest absolute Gasteiger partial charge is 0.236 e. The molecule has 1 heterocycles. The van der Waals surface area contributed by atoms with Gasteiger partial charge in [-0.15, -0.1) is 0 Å². The van der Waals surface area contributed by atoms with Crippen molar-refractivity contribution in [3.05, 3.63) is 29.8 Å². The van der Waals surface area contributed by atoms with Crippen molar-refractivity contribution in [3.63, 3.8) is 0 Å². The number of hydrogen-bond donors (Lipinski definition) is 2. The Bertz CT molecular complexity index is 406. The first-order chi connectivity index (χ1) is 8.93. The molecule has 0 bridgehead atoms. The van der Waals surface area contributed by atoms with Gasteiger partial charge >= 0.3 is 0 Å². The van der Waals surface area contributed by atoms with Crippen molar-refractivity contribution < 1.29 is 9.18 Å². The highest BCUT2D eigenvalue weighted by atomic mass is 19.1. The first-order valence-corrected chi connectivity index (χ1v) is 6.53. The summed E-state index contributed by atoms with van der Waals surface area (Å²) < 4.78 is 12.8. The molecule has 4 nitrogen and oxygen atoms in total. The van der Waals surface area contributed by atoms with E-state index in [1.54, 1.807) is 13.1 Å². The van der Waals surface area contributed by atoms with Crippen molar-refractivity contribution in [2.75, 3.05) is 7.05 Å². The molecular formula is C14H22FN3O. The number of halogens is 1. The van der Waals surface area contributed by atoms with Crippen LogP contribution in [0, 0.1) is 11.7 Å². The van der Waals surface area contributed by atoms with E-state index in [0.29, 0.717) is 5.92 Å². The molecule has 2 N–H and O–H groups in total. The zero-order chi connectivity index (χ0) is 14.4. The van der Waals surface area contributed by atoms with Gasteiger partial charge in [0.2, 0.25) is 5.91 Å². The molecule has 1 aromatic rings. The first-order valence-electron chi connectivity index (χ1n) is 6.53. The first kappa shape index (κ1) is 15.6. The summed E-state index contributed by atoms with van der Waals surface area (Å²) in [5.74, 6) is 0.00632. The van der Waals surface area contributed by atoms with Crippen LogP contribution in [0.25, 0.3) is 0 Å². The molecule has 0 saturated heterocycles. The minimum absolute atomic E-state index is 0.0392. The number of pyridine rings is 1. The minimum atomic E-state index is -0.360. The third-order valence-electron chi connectivity index (χ3n) is 2.92. The van der Waals surface area contributed by atoms with Crippen LogP contribution in [-0.4, -0.2) is 24.0 Å². The molecule has 19 heavy (non-hydrogen) atoms. The maximum Gasteiger partial charge on any atom is 0.236 e. The zero-order valence-electron chi connectivity index (χ0n) is 11.9. The summed E-state index contributed by atoms with van der Waals surface area (Å²) in [7, 11) is 1.62. The van der Waals surface area contributed by atoms with E-state index >= 15 is 0 Å². The van der Waals surface area contributed by atoms with Gasteiger partial charge in [-0.25, -0.2) is 4.39 Å². The maximum atomic E-state index is 12.8. The number of nitrogens with one attached hydrogen (secondary N) is 2. The number of carbonyl (C=O) groups is 1. The Morgan fingerprint density at radius 2 is 2.05 bits per heavy atom. The third kappa shape index (κ3) is 4.95. The van der Waals surface area contributed by atoms with E-state index in [1.807, 2.05) is 6.92 Å². The fourth-order valence-corrected chi connectivity index (χ4v) is 1.93. The topological polar surface area (TPSA) is 54.0 Å². The van der Waals surface area contributed by atoms with E-state index in [1.165, 1.54) is 12.3 Å². The molecule has 5 heteroatoms. The molecule has 0 saturated carbocycles. The second-order valence-corrected chi connectivity index (χ2v) is 5.09. The van der Waals surface area contributed by atoms with Gasteiger partial charge in [-0.3, -0.25) is 15.1 Å². The van der Waals surface area contributed by atoms with E-state index in [4.69, 9.17) is 0 Å². The average molecular weight is 267 g/mol. The second-order valence-electron chi connectivity index (χ2n) is 5.09. The van der Waals surface area contributed by atoms with Gasteiger partial charge < -0.3 is 5.32 Å². The number of amides is 1. The summed E-state index contributed by atoms with van der Waals surface area (Å²) in [6.07, 6.45) is 1.93. The van der Waals surface area contributed by atoms with Crippen LogP contribution in [0.5, 0.6) is 0 Å². The normalized spacial score (nSPS) is 14.2. The molecule has 1 rings (SSSR count). The van der Waals surface area contributed by atoms with E-state index in [0.717, 1.165) is 12.1 Å². The van der Waals surface area contributed by atoms with Crippen LogP contribution in [0.2, 0.25) is 0 Å². The molecule has 2 unspecified atom stereocenters. The van der Waals surface area contributed by atoms with E-state index < -0.39 is 0 Å². The summed E-state index contributed by atoms with van der Waals surface area (Å²) in [5, 5.41) is 5.89. The Kier molecular flexibility index (Phi) is 5.89. The molecule has 0 fully saturated rings. The van der Waals surface area contributed by atoms with Crippen molar-refractivity contribution in [1.29, 1.82) is 0 Å². The van der Waals surface area contributed by atoms with Gasteiger partial charge in [-0.1, -0.05) is 13.8 Å². The Labute approximate surface area is 113 Å². The highest BCUT2D eigenvalue weighted by Gasteiger charge is 2.21. The maximum absolute atomic E-state index is 12.8. The standard InChI is InChI=1S/C14H22FN3O/c1-9(2)7-13(14(19)16-4)18-10(3)12-6-5-11(15)8-17-12/h5-6,8-10,13,18H,7H2,1-4H3,(H,16,19). The summed E-state index contributed by atoms with van der Waals surface area (Å²) in [4.78, 5) is 15.8. The zero-order valence-corrected chi connectivity index (χ0v) is 11.9. The van der Waals surface area contributed by atoms with Gasteiger partial charge in [0.1, 0.15) is 5.82 Å². The van der Waals surface area contributed by atoms with E-state index in [9.17, 15) is 9.18 Å². The average Bonchev–Trinajstić information content (AvgIpc) is 2.37. The SMILES string of the molecule is CNC(=O)C(CC(C)C)NC(C)c1ccc(F)cn1. The van der Waals surface area contributed by atoms with Gasteiger partial charge in [0.05, 0.1) is 17.9 Å². The van der Waals surface area contributed by atoms with Crippen molar-refractivity contribution >= 4 is 5.91 Å². The monoisotopic (exact) mass is 267 g/mol. The van der Waals surface area contributed by atoms with Crippen LogP contribution in [0.3, 0.4) is 0 Å². The summed E-state index contributed by atoms with van der Waals surface area (Å²) in [5.41, 5.74) is 0.721. The lowest BCUT2D eigenvalue weighted by molar-refractivity contribution is -0.123. The summed E-state index contributed by atoms with van der Waals surface area (Å²) in [6, 6.07) is 2.62. The molecule has 0 aliphatic heterocycles. The highest BCUT2D eigenvalue weighted by Crippen LogP contribution is 2.13. The van der Waals surface area contributed by atoms with E-state index in [2.05, 4.69) is 29.5 Å². The Balaban J connectivity index is 2.72. The molecule has 106 valence electrons. The van der Waals surface area contributed by atoms with Gasteiger partial charge in [0.25, 0.3) is 0 Å². The number of hydrogen-bond acceptors (Lipinski definition) is 3. The molecule has 0 aliphatic carbocycles. The van der Waals surface area contributed by atoms with Crippen LogP contribution in [0.15, 0.2) is 18.3 Å². The number of aromatic nitrogens is 1. The molecule has 1 amide bonds. The lowest BCUT2D eigenvalue weighted by Crippen LogP contribution is -2.44. The van der Waals surface area contributed by atoms with Crippen LogP contribution in [0.4, 0.5) is 4.39 Å². The van der Waals surface area contributed by atoms with Crippen molar-refractivity contribution in [2.45, 2.75) is 39.3 Å². The molecule has 0 radical (unpaired) electrons. The highest BCUT2D eigenvalue weighted by molar-refractivity contribution is 5.81. The van der Waals surface area contributed by atoms with Gasteiger partial charge in [-0.2, -0.15) is 0 Å². The Hall–Kier alpha value is -1.49. The van der Waals surface area contributed by atoms with Crippen molar-refractivity contribution in [1.82, 2.24) is 15.6 Å². The van der Waals surface area contributed by atoms with Gasteiger partial charge in [0, 0.05) is 13.1 Å². The molecule has 1 aromatic heterocycles. The second kappa shape index (κ2) is 7.19. The summed E-state index contributed by atoms with van der Waals surface area (Å²) in [6.45, 7) is 6.05. The van der Waals surface area contributed by atoms with Gasteiger partial charge in [-0.05, 0) is 31.4 Å². The largest absolute Gasteiger partial charge is 0.358 e. The molecule has 0 aliphatic rings. The fraction of sp³-hybridized carbons (Fsp3) is 0.571. The Morgan fingerprint density at radius 1 is 1.37 bits per heavy atom. The van der Waals surface area contributed by atoms with Crippen molar-refractivity contribution in [3.8, 4) is 0 Å². The molecule has 0 spiro atoms. The fourth-order valence-electron chi connectivity index (χ4n) is 1.93. The predicted octanol–water partition coefficient (Wildman–Crippen LogP) is 2.03.